The summed E-state index contributed by atoms with van der Waals surface area (Å²) >= 11 is 7.29. The molecule has 0 radical (unpaired) electrons. The Morgan fingerprint density at radius 1 is 1.32 bits per heavy atom. The number of fused-ring (bicyclic) bond motifs is 1. The average Bonchev–Trinajstić information content (AvgIpc) is 3.20. The van der Waals surface area contributed by atoms with Crippen LogP contribution in [0.15, 0.2) is 51.0 Å². The van der Waals surface area contributed by atoms with Crippen molar-refractivity contribution in [2.24, 2.45) is 0 Å². The summed E-state index contributed by atoms with van der Waals surface area (Å²) in [6.45, 7) is 4.32. The van der Waals surface area contributed by atoms with E-state index in [4.69, 9.17) is 16.0 Å². The maximum atomic E-state index is 13.0. The molecule has 0 bridgehead atoms. The third kappa shape index (κ3) is 4.77. The first-order chi connectivity index (χ1) is 13.5. The quantitative estimate of drug-likeness (QED) is 0.439. The predicted octanol–water partition coefficient (Wildman–Crippen LogP) is 4.09. The molecule has 0 spiro atoms. The van der Waals surface area contributed by atoms with Crippen molar-refractivity contribution in [1.82, 2.24) is 14.9 Å². The molecule has 1 amide bonds. The van der Waals surface area contributed by atoms with Gasteiger partial charge in [0.25, 0.3) is 5.56 Å². The molecule has 1 N–H and O–H groups in total. The van der Waals surface area contributed by atoms with Crippen LogP contribution in [0, 0.1) is 0 Å². The van der Waals surface area contributed by atoms with Crippen molar-refractivity contribution >= 4 is 40.2 Å². The Kier molecular flexibility index (Phi) is 6.80. The van der Waals surface area contributed by atoms with Gasteiger partial charge in [0.1, 0.15) is 5.76 Å². The minimum absolute atomic E-state index is 0.0799. The Morgan fingerprint density at radius 2 is 2.11 bits per heavy atom. The van der Waals surface area contributed by atoms with Gasteiger partial charge in [-0.2, -0.15) is 0 Å². The van der Waals surface area contributed by atoms with Crippen molar-refractivity contribution in [3.63, 3.8) is 0 Å². The second kappa shape index (κ2) is 9.30. The third-order valence-corrected chi connectivity index (χ3v) is 5.67. The molecule has 28 heavy (non-hydrogen) atoms. The second-order valence-electron chi connectivity index (χ2n) is 6.40. The Balaban J connectivity index is 1.92. The van der Waals surface area contributed by atoms with E-state index in [1.807, 2.05) is 13.8 Å². The number of thioether (sulfide) groups is 1. The molecular weight excluding hydrogens is 398 g/mol. The smallest absolute Gasteiger partial charge is 0.262 e. The zero-order valence-electron chi connectivity index (χ0n) is 15.8. The van der Waals surface area contributed by atoms with Crippen molar-refractivity contribution in [3.8, 4) is 0 Å². The van der Waals surface area contributed by atoms with Crippen LogP contribution in [0.2, 0.25) is 5.02 Å². The van der Waals surface area contributed by atoms with Gasteiger partial charge in [0.15, 0.2) is 5.16 Å². The number of rotatable bonds is 8. The van der Waals surface area contributed by atoms with E-state index in [2.05, 4.69) is 10.3 Å². The first-order valence-corrected chi connectivity index (χ1v) is 10.5. The minimum Gasteiger partial charge on any atom is -0.467 e. The number of nitrogens with zero attached hydrogens (tertiary/aromatic N) is 2. The number of hydrogen-bond donors (Lipinski definition) is 1. The highest BCUT2D eigenvalue weighted by Gasteiger charge is 2.16. The zero-order valence-corrected chi connectivity index (χ0v) is 17.3. The molecule has 0 unspecified atom stereocenters. The van der Waals surface area contributed by atoms with Crippen LogP contribution in [0.1, 0.15) is 32.4 Å². The lowest BCUT2D eigenvalue weighted by Gasteiger charge is -2.15. The van der Waals surface area contributed by atoms with E-state index in [1.165, 1.54) is 16.3 Å². The van der Waals surface area contributed by atoms with Crippen LogP contribution >= 0.6 is 23.4 Å². The molecule has 2 aromatic heterocycles. The molecule has 0 fully saturated rings. The third-order valence-electron chi connectivity index (χ3n) is 4.46. The molecule has 148 valence electrons. The van der Waals surface area contributed by atoms with Crippen LogP contribution in [0.25, 0.3) is 10.9 Å². The molecule has 2 heterocycles. The van der Waals surface area contributed by atoms with E-state index in [-0.39, 0.29) is 29.8 Å². The van der Waals surface area contributed by atoms with Gasteiger partial charge in [0.05, 0.1) is 29.5 Å². The van der Waals surface area contributed by atoms with Crippen LogP contribution in [0.3, 0.4) is 0 Å². The van der Waals surface area contributed by atoms with E-state index in [0.29, 0.717) is 26.8 Å². The van der Waals surface area contributed by atoms with Gasteiger partial charge in [-0.1, -0.05) is 37.2 Å². The number of nitrogens with one attached hydrogen (secondary N) is 1. The number of aromatic nitrogens is 2. The first-order valence-electron chi connectivity index (χ1n) is 9.16. The highest BCUT2D eigenvalue weighted by atomic mass is 35.5. The maximum Gasteiger partial charge on any atom is 0.262 e. The fourth-order valence-corrected chi connectivity index (χ4v) is 3.85. The van der Waals surface area contributed by atoms with Crippen LogP contribution in [0.5, 0.6) is 0 Å². The van der Waals surface area contributed by atoms with E-state index >= 15 is 0 Å². The lowest BCUT2D eigenvalue weighted by molar-refractivity contribution is -0.119. The van der Waals surface area contributed by atoms with Gasteiger partial charge >= 0.3 is 0 Å². The summed E-state index contributed by atoms with van der Waals surface area (Å²) in [5, 5.41) is 4.43. The Labute approximate surface area is 172 Å². The Hall–Kier alpha value is -2.25. The molecular formula is C20H22ClN3O3S. The molecule has 6 nitrogen and oxygen atoms in total. The number of furan rings is 1. The van der Waals surface area contributed by atoms with E-state index < -0.39 is 0 Å². The number of halogens is 1. The van der Waals surface area contributed by atoms with Gasteiger partial charge in [-0.25, -0.2) is 4.98 Å². The van der Waals surface area contributed by atoms with Crippen LogP contribution in [0.4, 0.5) is 0 Å². The molecule has 0 atom stereocenters. The van der Waals surface area contributed by atoms with Gasteiger partial charge in [0, 0.05) is 11.1 Å². The summed E-state index contributed by atoms with van der Waals surface area (Å²) < 4.78 is 6.92. The van der Waals surface area contributed by atoms with Crippen LogP contribution in [-0.4, -0.2) is 27.3 Å². The average molecular weight is 420 g/mol. The second-order valence-corrected chi connectivity index (χ2v) is 7.78. The SMILES string of the molecule is CCC(CC)NC(=O)CSc1nc2cc(Cl)ccc2c(=O)n1Cc1ccco1. The molecule has 0 aliphatic rings. The number of benzene rings is 1. The predicted molar refractivity (Wildman–Crippen MR) is 112 cm³/mol. The zero-order chi connectivity index (χ0) is 20.1. The highest BCUT2D eigenvalue weighted by Crippen LogP contribution is 2.21. The monoisotopic (exact) mass is 419 g/mol. The molecule has 8 heteroatoms. The molecule has 0 saturated heterocycles. The summed E-state index contributed by atoms with van der Waals surface area (Å²) in [5.41, 5.74) is 0.317. The summed E-state index contributed by atoms with van der Waals surface area (Å²) in [5.74, 6) is 0.733. The standard InChI is InChI=1S/C20H22ClN3O3S/c1-3-14(4-2)22-18(25)12-28-20-23-17-10-13(21)7-8-16(17)19(26)24(20)11-15-6-5-9-27-15/h5-10,14H,3-4,11-12H2,1-2H3,(H,22,25). The number of carbonyl (C=O) groups is 1. The molecule has 0 saturated carbocycles. The number of hydrogen-bond acceptors (Lipinski definition) is 5. The topological polar surface area (TPSA) is 77.1 Å². The summed E-state index contributed by atoms with van der Waals surface area (Å²) in [7, 11) is 0. The fourth-order valence-electron chi connectivity index (χ4n) is 2.87. The number of amides is 1. The molecule has 1 aromatic carbocycles. The van der Waals surface area contributed by atoms with E-state index in [9.17, 15) is 9.59 Å². The first kappa shape index (κ1) is 20.5. The van der Waals surface area contributed by atoms with Gasteiger partial charge in [-0.15, -0.1) is 0 Å². The molecule has 3 aromatic rings. The summed E-state index contributed by atoms with van der Waals surface area (Å²) in [6, 6.07) is 8.71. The molecule has 0 aliphatic heterocycles. The van der Waals surface area contributed by atoms with Crippen LogP contribution < -0.4 is 10.9 Å². The normalized spacial score (nSPS) is 11.3. The largest absolute Gasteiger partial charge is 0.467 e. The van der Waals surface area contributed by atoms with E-state index in [0.717, 1.165) is 12.8 Å². The fraction of sp³-hybridized carbons (Fsp3) is 0.350. The summed E-state index contributed by atoms with van der Waals surface area (Å²) in [4.78, 5) is 29.9. The van der Waals surface area contributed by atoms with Gasteiger partial charge in [0.2, 0.25) is 5.91 Å². The van der Waals surface area contributed by atoms with E-state index in [1.54, 1.807) is 36.6 Å². The van der Waals surface area contributed by atoms with Crippen molar-refractivity contribution in [1.29, 1.82) is 0 Å². The minimum atomic E-state index is -0.194. The lowest BCUT2D eigenvalue weighted by Crippen LogP contribution is -2.35. The van der Waals surface area contributed by atoms with Gasteiger partial charge < -0.3 is 9.73 Å². The van der Waals surface area contributed by atoms with Crippen molar-refractivity contribution in [3.05, 3.63) is 57.7 Å². The van der Waals surface area contributed by atoms with Crippen molar-refractivity contribution in [2.45, 2.75) is 44.4 Å². The van der Waals surface area contributed by atoms with Crippen LogP contribution in [-0.2, 0) is 11.3 Å². The Morgan fingerprint density at radius 3 is 2.79 bits per heavy atom. The molecule has 0 aliphatic carbocycles. The van der Waals surface area contributed by atoms with Gasteiger partial charge in [-0.05, 0) is 43.2 Å². The van der Waals surface area contributed by atoms with Gasteiger partial charge in [-0.3, -0.25) is 14.2 Å². The van der Waals surface area contributed by atoms with Crippen molar-refractivity contribution < 1.29 is 9.21 Å². The Bertz CT molecular complexity index is 1010. The molecule has 3 rings (SSSR count). The highest BCUT2D eigenvalue weighted by molar-refractivity contribution is 7.99. The summed E-state index contributed by atoms with van der Waals surface area (Å²) in [6.07, 6.45) is 3.32. The maximum absolute atomic E-state index is 13.0. The lowest BCUT2D eigenvalue weighted by atomic mass is 10.2. The number of carbonyl (C=O) groups excluding carboxylic acids is 1. The van der Waals surface area contributed by atoms with Crippen molar-refractivity contribution in [2.75, 3.05) is 5.75 Å².